The van der Waals surface area contributed by atoms with Gasteiger partial charge >= 0.3 is 5.97 Å². The number of cyclic esters (lactones) is 1. The van der Waals surface area contributed by atoms with Gasteiger partial charge in [0.25, 0.3) is 0 Å². The van der Waals surface area contributed by atoms with Gasteiger partial charge in [-0.2, -0.15) is 0 Å². The van der Waals surface area contributed by atoms with Crippen molar-refractivity contribution in [1.82, 2.24) is 4.98 Å². The summed E-state index contributed by atoms with van der Waals surface area (Å²) in [4.78, 5) is 20.2. The third-order valence-corrected chi connectivity index (χ3v) is 3.67. The standard InChI is InChI=1S/C16H11BrN2O3/c1-21-11-4-5-12(13(17)8-11)15-19-14(16(20)22-15)7-10-3-2-6-18-9-10/h2-9H,1H3. The molecule has 1 aliphatic heterocycles. The SMILES string of the molecule is COc1ccc(C2=NC(=Cc3cccnc3)C(=O)O2)c(Br)c1. The molecule has 2 aromatic rings. The smallest absolute Gasteiger partial charge is 0.363 e. The van der Waals surface area contributed by atoms with Crippen LogP contribution in [0, 0.1) is 0 Å². The summed E-state index contributed by atoms with van der Waals surface area (Å²) in [6.45, 7) is 0. The van der Waals surface area contributed by atoms with Crippen LogP contribution in [-0.4, -0.2) is 24.0 Å². The lowest BCUT2D eigenvalue weighted by atomic mass is 10.2. The topological polar surface area (TPSA) is 60.8 Å². The molecule has 22 heavy (non-hydrogen) atoms. The van der Waals surface area contributed by atoms with E-state index >= 15 is 0 Å². The van der Waals surface area contributed by atoms with Crippen LogP contribution in [0.3, 0.4) is 0 Å². The van der Waals surface area contributed by atoms with Gasteiger partial charge in [0.05, 0.1) is 12.7 Å². The third kappa shape index (κ3) is 2.92. The second kappa shape index (κ2) is 6.11. The summed E-state index contributed by atoms with van der Waals surface area (Å²) in [6, 6.07) is 8.97. The fourth-order valence-corrected chi connectivity index (χ4v) is 2.47. The van der Waals surface area contributed by atoms with Crippen LogP contribution >= 0.6 is 15.9 Å². The van der Waals surface area contributed by atoms with Gasteiger partial charge in [-0.3, -0.25) is 4.98 Å². The first kappa shape index (κ1) is 14.5. The van der Waals surface area contributed by atoms with Crippen molar-refractivity contribution in [3.8, 4) is 5.75 Å². The molecule has 0 N–H and O–H groups in total. The van der Waals surface area contributed by atoms with E-state index < -0.39 is 5.97 Å². The van der Waals surface area contributed by atoms with Gasteiger partial charge in [-0.1, -0.05) is 6.07 Å². The number of nitrogens with zero attached hydrogens (tertiary/aromatic N) is 2. The molecule has 0 amide bonds. The number of pyridine rings is 1. The number of hydrogen-bond donors (Lipinski definition) is 0. The number of methoxy groups -OCH3 is 1. The molecule has 5 nitrogen and oxygen atoms in total. The molecule has 0 saturated heterocycles. The molecule has 0 atom stereocenters. The number of benzene rings is 1. The molecule has 0 saturated carbocycles. The van der Waals surface area contributed by atoms with Gasteiger partial charge in [0, 0.05) is 16.9 Å². The Morgan fingerprint density at radius 2 is 2.18 bits per heavy atom. The first-order chi connectivity index (χ1) is 10.7. The second-order valence-corrected chi connectivity index (χ2v) is 5.32. The molecule has 0 radical (unpaired) electrons. The predicted molar refractivity (Wildman–Crippen MR) is 85.5 cm³/mol. The lowest BCUT2D eigenvalue weighted by Gasteiger charge is -2.05. The Kier molecular flexibility index (Phi) is 4.02. The molecule has 1 aromatic heterocycles. The van der Waals surface area contributed by atoms with Crippen LogP contribution in [0.2, 0.25) is 0 Å². The van der Waals surface area contributed by atoms with E-state index in [-0.39, 0.29) is 11.6 Å². The van der Waals surface area contributed by atoms with Crippen molar-refractivity contribution in [2.75, 3.05) is 7.11 Å². The average molecular weight is 359 g/mol. The monoisotopic (exact) mass is 358 g/mol. The quantitative estimate of drug-likeness (QED) is 0.624. The Labute approximate surface area is 135 Å². The van der Waals surface area contributed by atoms with Crippen LogP contribution in [0.5, 0.6) is 5.75 Å². The minimum Gasteiger partial charge on any atom is -0.497 e. The van der Waals surface area contributed by atoms with E-state index in [1.54, 1.807) is 49.8 Å². The Bertz CT molecular complexity index is 785. The lowest BCUT2D eigenvalue weighted by molar-refractivity contribution is -0.129. The molecule has 6 heteroatoms. The lowest BCUT2D eigenvalue weighted by Crippen LogP contribution is -2.06. The first-order valence-electron chi connectivity index (χ1n) is 6.44. The molecule has 0 bridgehead atoms. The number of ether oxygens (including phenoxy) is 2. The summed E-state index contributed by atoms with van der Waals surface area (Å²) >= 11 is 3.42. The number of carbonyl (C=O) groups is 1. The molecule has 110 valence electrons. The van der Waals surface area contributed by atoms with Crippen molar-refractivity contribution < 1.29 is 14.3 Å². The highest BCUT2D eigenvalue weighted by atomic mass is 79.9. The summed E-state index contributed by atoms with van der Waals surface area (Å²) in [5.74, 6) is 0.475. The molecule has 1 aliphatic rings. The van der Waals surface area contributed by atoms with E-state index in [0.717, 1.165) is 10.0 Å². The van der Waals surface area contributed by atoms with Crippen molar-refractivity contribution >= 4 is 33.9 Å². The van der Waals surface area contributed by atoms with E-state index in [1.165, 1.54) is 0 Å². The van der Waals surface area contributed by atoms with Crippen molar-refractivity contribution in [3.05, 3.63) is 64.0 Å². The minimum atomic E-state index is -0.485. The number of carbonyl (C=O) groups excluding carboxylic acids is 1. The Morgan fingerprint density at radius 3 is 2.86 bits per heavy atom. The highest BCUT2D eigenvalue weighted by Gasteiger charge is 2.25. The molecule has 2 heterocycles. The fraction of sp³-hybridized carbons (Fsp3) is 0.0625. The van der Waals surface area contributed by atoms with Crippen LogP contribution in [0.25, 0.3) is 6.08 Å². The molecule has 0 aliphatic carbocycles. The van der Waals surface area contributed by atoms with Crippen molar-refractivity contribution in [2.45, 2.75) is 0 Å². The van der Waals surface area contributed by atoms with Gasteiger partial charge in [0.2, 0.25) is 5.90 Å². The number of aromatic nitrogens is 1. The Balaban J connectivity index is 1.95. The largest absolute Gasteiger partial charge is 0.497 e. The van der Waals surface area contributed by atoms with Crippen LogP contribution in [0.1, 0.15) is 11.1 Å². The number of rotatable bonds is 3. The van der Waals surface area contributed by atoms with Gasteiger partial charge < -0.3 is 9.47 Å². The molecule has 0 spiro atoms. The summed E-state index contributed by atoms with van der Waals surface area (Å²) in [6.07, 6.45) is 4.95. The Morgan fingerprint density at radius 1 is 1.32 bits per heavy atom. The summed E-state index contributed by atoms with van der Waals surface area (Å²) in [5, 5.41) is 0. The molecule has 1 aromatic carbocycles. The van der Waals surface area contributed by atoms with Crippen LogP contribution in [0.15, 0.2) is 57.9 Å². The first-order valence-corrected chi connectivity index (χ1v) is 7.23. The van der Waals surface area contributed by atoms with E-state index in [2.05, 4.69) is 25.9 Å². The maximum atomic E-state index is 11.9. The normalized spacial score (nSPS) is 15.6. The number of aliphatic imine (C=N–C) groups is 1. The van der Waals surface area contributed by atoms with Gasteiger partial charge in [-0.05, 0) is 51.8 Å². The van der Waals surface area contributed by atoms with Gasteiger partial charge in [-0.25, -0.2) is 9.79 Å². The van der Waals surface area contributed by atoms with E-state index in [0.29, 0.717) is 11.3 Å². The number of halogens is 1. The summed E-state index contributed by atoms with van der Waals surface area (Å²) in [7, 11) is 1.59. The van der Waals surface area contributed by atoms with Gasteiger partial charge in [-0.15, -0.1) is 0 Å². The number of esters is 1. The second-order valence-electron chi connectivity index (χ2n) is 4.47. The zero-order valence-electron chi connectivity index (χ0n) is 11.6. The Hall–Kier alpha value is -2.47. The minimum absolute atomic E-state index is 0.241. The zero-order chi connectivity index (χ0) is 15.5. The molecular weight excluding hydrogens is 348 g/mol. The van der Waals surface area contributed by atoms with Gasteiger partial charge in [0.1, 0.15) is 5.75 Å². The van der Waals surface area contributed by atoms with E-state index in [4.69, 9.17) is 9.47 Å². The summed E-state index contributed by atoms with van der Waals surface area (Å²) < 4.78 is 11.1. The molecule has 0 unspecified atom stereocenters. The average Bonchev–Trinajstić information content (AvgIpc) is 2.89. The van der Waals surface area contributed by atoms with Crippen molar-refractivity contribution in [1.29, 1.82) is 0 Å². The highest BCUT2D eigenvalue weighted by molar-refractivity contribution is 9.10. The zero-order valence-corrected chi connectivity index (χ0v) is 13.2. The number of hydrogen-bond acceptors (Lipinski definition) is 5. The predicted octanol–water partition coefficient (Wildman–Crippen LogP) is 3.20. The highest BCUT2D eigenvalue weighted by Crippen LogP contribution is 2.27. The van der Waals surface area contributed by atoms with E-state index in [1.807, 2.05) is 6.07 Å². The molecule has 3 rings (SSSR count). The van der Waals surface area contributed by atoms with Gasteiger partial charge in [0.15, 0.2) is 5.70 Å². The summed E-state index contributed by atoms with van der Waals surface area (Å²) in [5.41, 5.74) is 1.71. The molecule has 0 fully saturated rings. The van der Waals surface area contributed by atoms with Crippen molar-refractivity contribution in [2.24, 2.45) is 4.99 Å². The third-order valence-electron chi connectivity index (χ3n) is 3.01. The van der Waals surface area contributed by atoms with Crippen molar-refractivity contribution in [3.63, 3.8) is 0 Å². The van der Waals surface area contributed by atoms with Crippen LogP contribution in [0.4, 0.5) is 0 Å². The molecular formula is C16H11BrN2O3. The van der Waals surface area contributed by atoms with Crippen LogP contribution < -0.4 is 4.74 Å². The van der Waals surface area contributed by atoms with Crippen LogP contribution in [-0.2, 0) is 9.53 Å². The maximum absolute atomic E-state index is 11.9. The fourth-order valence-electron chi connectivity index (χ4n) is 1.94. The van der Waals surface area contributed by atoms with E-state index in [9.17, 15) is 4.79 Å². The maximum Gasteiger partial charge on any atom is 0.363 e.